The first kappa shape index (κ1) is 22.0. The number of hydrogen-bond donors (Lipinski definition) is 1. The van der Waals surface area contributed by atoms with Gasteiger partial charge < -0.3 is 10.1 Å². The molecule has 2 aromatic heterocycles. The Morgan fingerprint density at radius 1 is 1.23 bits per heavy atom. The third kappa shape index (κ3) is 4.55. The minimum atomic E-state index is -0.796. The Morgan fingerprint density at radius 2 is 1.90 bits per heavy atom. The number of carbonyl (C=O) groups excluding carboxylic acids is 1. The van der Waals surface area contributed by atoms with E-state index in [1.54, 1.807) is 27.7 Å². The third-order valence-electron chi connectivity index (χ3n) is 4.02. The van der Waals surface area contributed by atoms with E-state index in [1.807, 2.05) is 0 Å². The van der Waals surface area contributed by atoms with Gasteiger partial charge in [0.15, 0.2) is 0 Å². The number of hydrogen-bond acceptors (Lipinski definition) is 5. The zero-order chi connectivity index (χ0) is 22.2. The number of pyridine rings is 1. The van der Waals surface area contributed by atoms with Crippen molar-refractivity contribution in [3.63, 3.8) is 0 Å². The molecule has 1 N–H and O–H groups in total. The van der Waals surface area contributed by atoms with Crippen LogP contribution in [-0.4, -0.2) is 26.2 Å². The molecular formula is C20H19Cl2FN4O3. The molecule has 10 heteroatoms. The van der Waals surface area contributed by atoms with Crippen LogP contribution in [0.1, 0.15) is 39.6 Å². The van der Waals surface area contributed by atoms with Crippen LogP contribution in [0.3, 0.4) is 0 Å². The molecule has 1 amide bonds. The molecule has 7 nitrogen and oxygen atoms in total. The van der Waals surface area contributed by atoms with Crippen LogP contribution in [0, 0.1) is 5.82 Å². The Hall–Kier alpha value is -2.71. The van der Waals surface area contributed by atoms with Crippen LogP contribution in [0.4, 0.5) is 9.18 Å². The van der Waals surface area contributed by atoms with Crippen molar-refractivity contribution in [3.05, 3.63) is 62.6 Å². The number of alkyl carbamates (subject to hydrolysis) is 1. The van der Waals surface area contributed by atoms with Crippen molar-refractivity contribution in [2.24, 2.45) is 0 Å². The largest absolute Gasteiger partial charge is 0.444 e. The van der Waals surface area contributed by atoms with Crippen LogP contribution in [0.25, 0.3) is 16.6 Å². The minimum Gasteiger partial charge on any atom is -0.444 e. The Bertz CT molecular complexity index is 1190. The summed E-state index contributed by atoms with van der Waals surface area (Å²) < 4.78 is 20.2. The minimum absolute atomic E-state index is 0.0710. The first-order valence-corrected chi connectivity index (χ1v) is 9.74. The van der Waals surface area contributed by atoms with Crippen molar-refractivity contribution in [2.75, 3.05) is 0 Å². The second-order valence-electron chi connectivity index (χ2n) is 7.59. The Kier molecular flexibility index (Phi) is 6.01. The van der Waals surface area contributed by atoms with E-state index in [4.69, 9.17) is 27.9 Å². The maximum absolute atomic E-state index is 13.8. The predicted octanol–water partition coefficient (Wildman–Crippen LogP) is 4.81. The summed E-state index contributed by atoms with van der Waals surface area (Å²) in [5.74, 6) is -0.537. The van der Waals surface area contributed by atoms with E-state index in [0.717, 1.165) is 16.8 Å². The number of halogens is 3. The van der Waals surface area contributed by atoms with Crippen LogP contribution in [0.2, 0.25) is 10.0 Å². The number of nitrogens with one attached hydrogen (secondary N) is 1. The van der Waals surface area contributed by atoms with Gasteiger partial charge in [0.25, 0.3) is 5.56 Å². The van der Waals surface area contributed by atoms with Gasteiger partial charge in [-0.05, 0) is 39.8 Å². The Morgan fingerprint density at radius 3 is 2.53 bits per heavy atom. The summed E-state index contributed by atoms with van der Waals surface area (Å²) in [5.41, 5.74) is -1.00. The topological polar surface area (TPSA) is 86.1 Å². The summed E-state index contributed by atoms with van der Waals surface area (Å²) in [4.78, 5) is 33.9. The van der Waals surface area contributed by atoms with Gasteiger partial charge in [-0.15, -0.1) is 0 Å². The van der Waals surface area contributed by atoms with Crippen LogP contribution in [-0.2, 0) is 4.74 Å². The molecule has 3 rings (SSSR count). The van der Waals surface area contributed by atoms with E-state index in [2.05, 4.69) is 15.3 Å². The first-order valence-electron chi connectivity index (χ1n) is 8.99. The van der Waals surface area contributed by atoms with Gasteiger partial charge in [0.05, 0.1) is 45.1 Å². The average Bonchev–Trinajstić information content (AvgIpc) is 2.62. The normalized spacial score (nSPS) is 12.6. The Labute approximate surface area is 181 Å². The second kappa shape index (κ2) is 8.20. The van der Waals surface area contributed by atoms with Crippen LogP contribution >= 0.6 is 23.2 Å². The maximum atomic E-state index is 13.8. The lowest BCUT2D eigenvalue weighted by molar-refractivity contribution is 0.0505. The van der Waals surface area contributed by atoms with Gasteiger partial charge in [0.1, 0.15) is 17.2 Å². The summed E-state index contributed by atoms with van der Waals surface area (Å²) >= 11 is 12.5. The van der Waals surface area contributed by atoms with Crippen molar-refractivity contribution in [1.82, 2.24) is 19.9 Å². The highest BCUT2D eigenvalue weighted by molar-refractivity contribution is 6.39. The molecule has 0 saturated heterocycles. The highest BCUT2D eigenvalue weighted by Crippen LogP contribution is 2.28. The van der Waals surface area contributed by atoms with Crippen LogP contribution in [0.5, 0.6) is 0 Å². The molecule has 0 saturated carbocycles. The molecule has 1 unspecified atom stereocenters. The summed E-state index contributed by atoms with van der Waals surface area (Å²) in [6.45, 7) is 6.78. The molecule has 0 spiro atoms. The number of rotatable bonds is 3. The number of ether oxygens (including phenoxy) is 1. The zero-order valence-electron chi connectivity index (χ0n) is 16.7. The molecule has 3 aromatic rings. The van der Waals surface area contributed by atoms with E-state index >= 15 is 0 Å². The molecule has 0 bridgehead atoms. The molecule has 0 radical (unpaired) electrons. The second-order valence-corrected chi connectivity index (χ2v) is 8.41. The van der Waals surface area contributed by atoms with E-state index in [-0.39, 0.29) is 32.5 Å². The molecule has 0 fully saturated rings. The standard InChI is InChI=1S/C20H19Cl2FN4O3/c1-10(25-19(29)30-20(2,3)4)17-26-16-14(22)6-5-13(21)15(16)18(28)27(17)12-7-11(23)8-24-9-12/h5-10H,1-4H3,(H,25,29). The van der Waals surface area contributed by atoms with Crippen molar-refractivity contribution in [2.45, 2.75) is 39.3 Å². The lowest BCUT2D eigenvalue weighted by atomic mass is 10.2. The lowest BCUT2D eigenvalue weighted by Crippen LogP contribution is -2.37. The van der Waals surface area contributed by atoms with Crippen LogP contribution in [0.15, 0.2) is 35.4 Å². The van der Waals surface area contributed by atoms with E-state index in [1.165, 1.54) is 18.3 Å². The number of amides is 1. The fourth-order valence-corrected chi connectivity index (χ4v) is 3.28. The van der Waals surface area contributed by atoms with Gasteiger partial charge in [0.2, 0.25) is 0 Å². The molecule has 158 valence electrons. The van der Waals surface area contributed by atoms with Crippen molar-refractivity contribution in [3.8, 4) is 5.69 Å². The van der Waals surface area contributed by atoms with Gasteiger partial charge in [0, 0.05) is 6.07 Å². The van der Waals surface area contributed by atoms with Crippen molar-refractivity contribution >= 4 is 40.2 Å². The zero-order valence-corrected chi connectivity index (χ0v) is 18.2. The van der Waals surface area contributed by atoms with Gasteiger partial charge in [-0.3, -0.25) is 14.3 Å². The van der Waals surface area contributed by atoms with E-state index in [0.29, 0.717) is 0 Å². The molecule has 1 aromatic carbocycles. The predicted molar refractivity (Wildman–Crippen MR) is 113 cm³/mol. The summed E-state index contributed by atoms with van der Waals surface area (Å²) in [6, 6.07) is 3.33. The molecule has 2 heterocycles. The van der Waals surface area contributed by atoms with Gasteiger partial charge in [-0.25, -0.2) is 14.2 Å². The average molecular weight is 453 g/mol. The quantitative estimate of drug-likeness (QED) is 0.615. The smallest absolute Gasteiger partial charge is 0.408 e. The number of fused-ring (bicyclic) bond motifs is 1. The number of carbonyl (C=O) groups is 1. The van der Waals surface area contributed by atoms with Gasteiger partial charge in [-0.1, -0.05) is 23.2 Å². The maximum Gasteiger partial charge on any atom is 0.408 e. The molecule has 0 aliphatic rings. The number of nitrogens with zero attached hydrogens (tertiary/aromatic N) is 3. The summed E-state index contributed by atoms with van der Waals surface area (Å²) in [5, 5.41) is 3.05. The number of benzene rings is 1. The molecule has 0 aliphatic carbocycles. The third-order valence-corrected chi connectivity index (χ3v) is 4.64. The molecule has 0 aliphatic heterocycles. The van der Waals surface area contributed by atoms with Crippen molar-refractivity contribution < 1.29 is 13.9 Å². The highest BCUT2D eigenvalue weighted by Gasteiger charge is 2.24. The van der Waals surface area contributed by atoms with Crippen molar-refractivity contribution in [1.29, 1.82) is 0 Å². The van der Waals surface area contributed by atoms with Gasteiger partial charge >= 0.3 is 6.09 Å². The molecular weight excluding hydrogens is 434 g/mol. The first-order chi connectivity index (χ1) is 14.0. The lowest BCUT2D eigenvalue weighted by Gasteiger charge is -2.23. The Balaban J connectivity index is 2.23. The van der Waals surface area contributed by atoms with E-state index in [9.17, 15) is 14.0 Å². The molecule has 30 heavy (non-hydrogen) atoms. The SMILES string of the molecule is CC(NC(=O)OC(C)(C)C)c1nc2c(Cl)ccc(Cl)c2c(=O)n1-c1cncc(F)c1. The van der Waals surface area contributed by atoms with Crippen LogP contribution < -0.4 is 10.9 Å². The fourth-order valence-electron chi connectivity index (χ4n) is 2.85. The fraction of sp³-hybridized carbons (Fsp3) is 0.300. The monoisotopic (exact) mass is 452 g/mol. The highest BCUT2D eigenvalue weighted by atomic mass is 35.5. The van der Waals surface area contributed by atoms with E-state index < -0.39 is 29.1 Å². The van der Waals surface area contributed by atoms with Gasteiger partial charge in [-0.2, -0.15) is 0 Å². The number of aromatic nitrogens is 3. The summed E-state index contributed by atoms with van der Waals surface area (Å²) in [7, 11) is 0. The molecule has 1 atom stereocenters. The summed E-state index contributed by atoms with van der Waals surface area (Å²) in [6.07, 6.45) is 1.61.